The first kappa shape index (κ1) is 17.1. The minimum absolute atomic E-state index is 0.175. The first-order valence-corrected chi connectivity index (χ1v) is 8.86. The fraction of sp³-hybridized carbons (Fsp3) is 0.600. The Morgan fingerprint density at radius 3 is 2.50 bits per heavy atom. The molecule has 1 aromatic carbocycles. The number of benzene rings is 1. The van der Waals surface area contributed by atoms with E-state index in [-0.39, 0.29) is 6.54 Å². The van der Waals surface area contributed by atoms with Crippen molar-refractivity contribution in [2.24, 2.45) is 5.92 Å². The average Bonchev–Trinajstić information content (AvgIpc) is 2.53. The predicted molar refractivity (Wildman–Crippen MR) is 85.3 cm³/mol. The molecule has 0 unspecified atom stereocenters. The summed E-state index contributed by atoms with van der Waals surface area (Å²) in [6.07, 6.45) is 1.81. The molecule has 0 aliphatic carbocycles. The second kappa shape index (κ2) is 7.30. The third-order valence-electron chi connectivity index (χ3n) is 4.02. The molecule has 0 aromatic heterocycles. The zero-order valence-corrected chi connectivity index (χ0v) is 14.1. The van der Waals surface area contributed by atoms with Gasteiger partial charge in [-0.2, -0.15) is 17.4 Å². The van der Waals surface area contributed by atoms with Crippen LogP contribution in [0.15, 0.2) is 18.2 Å². The zero-order valence-electron chi connectivity index (χ0n) is 13.3. The Hall–Kier alpha value is -1.31. The molecule has 22 heavy (non-hydrogen) atoms. The van der Waals surface area contributed by atoms with Crippen LogP contribution in [-0.4, -0.2) is 40.0 Å². The number of methoxy groups -OCH3 is 2. The molecule has 1 N–H and O–H groups in total. The summed E-state index contributed by atoms with van der Waals surface area (Å²) < 4.78 is 39.3. The number of nitrogens with one attached hydrogen (secondary N) is 1. The van der Waals surface area contributed by atoms with Crippen LogP contribution in [0.1, 0.15) is 25.3 Å². The maximum Gasteiger partial charge on any atom is 0.279 e. The van der Waals surface area contributed by atoms with E-state index in [0.29, 0.717) is 30.5 Å². The summed E-state index contributed by atoms with van der Waals surface area (Å²) in [7, 11) is -0.327. The van der Waals surface area contributed by atoms with E-state index in [0.717, 1.165) is 18.4 Å². The number of ether oxygens (including phenoxy) is 2. The van der Waals surface area contributed by atoms with E-state index in [4.69, 9.17) is 9.47 Å². The predicted octanol–water partition coefficient (Wildman–Crippen LogP) is 1.77. The van der Waals surface area contributed by atoms with Crippen LogP contribution in [0.3, 0.4) is 0 Å². The fourth-order valence-electron chi connectivity index (χ4n) is 2.51. The van der Waals surface area contributed by atoms with Crippen molar-refractivity contribution in [3.63, 3.8) is 0 Å². The van der Waals surface area contributed by atoms with Crippen LogP contribution in [0.2, 0.25) is 0 Å². The molecule has 0 radical (unpaired) electrons. The summed E-state index contributed by atoms with van der Waals surface area (Å²) in [5, 5.41) is 0. The maximum absolute atomic E-state index is 12.4. The van der Waals surface area contributed by atoms with E-state index in [2.05, 4.69) is 11.6 Å². The summed E-state index contributed by atoms with van der Waals surface area (Å²) in [6, 6.07) is 5.33. The van der Waals surface area contributed by atoms with E-state index >= 15 is 0 Å². The fourth-order valence-corrected chi connectivity index (χ4v) is 3.72. The number of nitrogens with zero attached hydrogens (tertiary/aromatic N) is 1. The van der Waals surface area contributed by atoms with Crippen molar-refractivity contribution in [2.75, 3.05) is 27.3 Å². The molecule has 1 saturated heterocycles. The van der Waals surface area contributed by atoms with Gasteiger partial charge in [0, 0.05) is 25.2 Å². The van der Waals surface area contributed by atoms with Gasteiger partial charge in [0.2, 0.25) is 0 Å². The Bertz CT molecular complexity index is 596. The summed E-state index contributed by atoms with van der Waals surface area (Å²) in [5.74, 6) is 1.89. The molecule has 1 aliphatic rings. The van der Waals surface area contributed by atoms with Gasteiger partial charge in [-0.15, -0.1) is 0 Å². The van der Waals surface area contributed by atoms with E-state index in [1.807, 2.05) is 0 Å². The average molecular weight is 328 g/mol. The second-order valence-electron chi connectivity index (χ2n) is 5.59. The normalized spacial score (nSPS) is 17.4. The van der Waals surface area contributed by atoms with Crippen molar-refractivity contribution in [1.82, 2.24) is 9.03 Å². The van der Waals surface area contributed by atoms with Crippen molar-refractivity contribution in [2.45, 2.75) is 26.3 Å². The zero-order chi connectivity index (χ0) is 16.2. The molecule has 0 saturated carbocycles. The highest BCUT2D eigenvalue weighted by Gasteiger charge is 2.26. The minimum Gasteiger partial charge on any atom is -0.497 e. The highest BCUT2D eigenvalue weighted by atomic mass is 32.2. The molecule has 0 bridgehead atoms. The number of hydrogen-bond acceptors (Lipinski definition) is 4. The molecule has 6 nitrogen and oxygen atoms in total. The van der Waals surface area contributed by atoms with Crippen LogP contribution < -0.4 is 14.2 Å². The van der Waals surface area contributed by atoms with Crippen molar-refractivity contribution < 1.29 is 17.9 Å². The molecule has 1 aliphatic heterocycles. The monoisotopic (exact) mass is 328 g/mol. The van der Waals surface area contributed by atoms with Gasteiger partial charge in [-0.1, -0.05) is 6.92 Å². The summed E-state index contributed by atoms with van der Waals surface area (Å²) in [5.41, 5.74) is 0.746. The van der Waals surface area contributed by atoms with Crippen LogP contribution in [0.25, 0.3) is 0 Å². The highest BCUT2D eigenvalue weighted by molar-refractivity contribution is 7.87. The Labute approximate surface area is 132 Å². The van der Waals surface area contributed by atoms with Gasteiger partial charge in [0.25, 0.3) is 10.2 Å². The van der Waals surface area contributed by atoms with Gasteiger partial charge >= 0.3 is 0 Å². The van der Waals surface area contributed by atoms with Gasteiger partial charge in [0.15, 0.2) is 0 Å². The molecular formula is C15H24N2O4S. The topological polar surface area (TPSA) is 67.9 Å². The van der Waals surface area contributed by atoms with Gasteiger partial charge < -0.3 is 9.47 Å². The lowest BCUT2D eigenvalue weighted by Gasteiger charge is -2.29. The molecule has 1 heterocycles. The molecule has 7 heteroatoms. The van der Waals surface area contributed by atoms with Crippen LogP contribution in [0.4, 0.5) is 0 Å². The number of rotatable bonds is 6. The summed E-state index contributed by atoms with van der Waals surface area (Å²) >= 11 is 0. The largest absolute Gasteiger partial charge is 0.497 e. The second-order valence-corrected chi connectivity index (χ2v) is 7.34. The quantitative estimate of drug-likeness (QED) is 0.864. The molecule has 0 atom stereocenters. The first-order chi connectivity index (χ1) is 10.5. The van der Waals surface area contributed by atoms with Crippen molar-refractivity contribution in [3.05, 3.63) is 23.8 Å². The Morgan fingerprint density at radius 2 is 1.91 bits per heavy atom. The van der Waals surface area contributed by atoms with Gasteiger partial charge in [-0.05, 0) is 37.0 Å². The lowest BCUT2D eigenvalue weighted by molar-refractivity contribution is 0.285. The Morgan fingerprint density at radius 1 is 1.23 bits per heavy atom. The molecule has 0 spiro atoms. The molecular weight excluding hydrogens is 304 g/mol. The van der Waals surface area contributed by atoms with Gasteiger partial charge in [-0.25, -0.2) is 0 Å². The van der Waals surface area contributed by atoms with Crippen LogP contribution in [-0.2, 0) is 16.8 Å². The molecule has 2 rings (SSSR count). The van der Waals surface area contributed by atoms with Crippen LogP contribution in [0, 0.1) is 5.92 Å². The van der Waals surface area contributed by atoms with Gasteiger partial charge in [-0.3, -0.25) is 0 Å². The molecule has 1 fully saturated rings. The molecule has 0 amide bonds. The van der Waals surface area contributed by atoms with Crippen molar-refractivity contribution in [3.8, 4) is 11.5 Å². The van der Waals surface area contributed by atoms with Gasteiger partial charge in [0.05, 0.1) is 14.2 Å². The van der Waals surface area contributed by atoms with Crippen LogP contribution >= 0.6 is 0 Å². The summed E-state index contributed by atoms with van der Waals surface area (Å²) in [6.45, 7) is 3.48. The van der Waals surface area contributed by atoms with Crippen molar-refractivity contribution >= 4 is 10.2 Å². The Balaban J connectivity index is 2.05. The van der Waals surface area contributed by atoms with E-state index < -0.39 is 10.2 Å². The number of piperidine rings is 1. The lowest BCUT2D eigenvalue weighted by Crippen LogP contribution is -2.44. The smallest absolute Gasteiger partial charge is 0.279 e. The third-order valence-corrected chi connectivity index (χ3v) is 5.57. The van der Waals surface area contributed by atoms with E-state index in [1.165, 1.54) is 4.31 Å². The summed E-state index contributed by atoms with van der Waals surface area (Å²) in [4.78, 5) is 0. The first-order valence-electron chi connectivity index (χ1n) is 7.42. The molecule has 124 valence electrons. The molecule has 1 aromatic rings. The SMILES string of the molecule is COc1ccc(OC)c(CNS(=O)(=O)N2CCC(C)CC2)c1. The maximum atomic E-state index is 12.4. The van der Waals surface area contributed by atoms with Crippen molar-refractivity contribution in [1.29, 1.82) is 0 Å². The van der Waals surface area contributed by atoms with E-state index in [1.54, 1.807) is 32.4 Å². The lowest BCUT2D eigenvalue weighted by atomic mass is 10.0. The Kier molecular flexibility index (Phi) is 5.66. The standard InChI is InChI=1S/C15H24N2O4S/c1-12-6-8-17(9-7-12)22(18,19)16-11-13-10-14(20-2)4-5-15(13)21-3/h4-5,10,12,16H,6-9,11H2,1-3H3. The van der Waals surface area contributed by atoms with Crippen LogP contribution in [0.5, 0.6) is 11.5 Å². The minimum atomic E-state index is -3.46. The van der Waals surface area contributed by atoms with E-state index in [9.17, 15) is 8.42 Å². The number of hydrogen-bond donors (Lipinski definition) is 1. The highest BCUT2D eigenvalue weighted by Crippen LogP contribution is 2.24. The van der Waals surface area contributed by atoms with Gasteiger partial charge in [0.1, 0.15) is 11.5 Å². The third kappa shape index (κ3) is 4.12.